The highest BCUT2D eigenvalue weighted by molar-refractivity contribution is 6.50. The molecule has 2 nitrogen and oxygen atoms in total. The Morgan fingerprint density at radius 2 is 2.15 bits per heavy atom. The first-order chi connectivity index (χ1) is 6.29. The van der Waals surface area contributed by atoms with E-state index in [1.165, 1.54) is 6.08 Å². The SMILES string of the molecule is COc1ccccc1C(Cl)=CC=O. The third-order valence-electron chi connectivity index (χ3n) is 1.58. The van der Waals surface area contributed by atoms with Gasteiger partial charge in [0, 0.05) is 5.56 Å². The van der Waals surface area contributed by atoms with Gasteiger partial charge < -0.3 is 4.74 Å². The lowest BCUT2D eigenvalue weighted by molar-refractivity contribution is -0.104. The molecule has 0 bridgehead atoms. The number of rotatable bonds is 3. The van der Waals surface area contributed by atoms with Gasteiger partial charge in [0.25, 0.3) is 0 Å². The third kappa shape index (κ3) is 2.33. The fourth-order valence-corrected chi connectivity index (χ4v) is 1.20. The van der Waals surface area contributed by atoms with Crippen LogP contribution >= 0.6 is 11.6 Å². The molecule has 1 aromatic rings. The summed E-state index contributed by atoms with van der Waals surface area (Å²) in [5.41, 5.74) is 0.721. The molecule has 0 atom stereocenters. The number of ether oxygens (including phenoxy) is 1. The molecule has 0 saturated heterocycles. The van der Waals surface area contributed by atoms with E-state index in [0.717, 1.165) is 5.56 Å². The molecule has 68 valence electrons. The molecule has 0 unspecified atom stereocenters. The zero-order valence-electron chi connectivity index (χ0n) is 7.16. The minimum atomic E-state index is 0.382. The van der Waals surface area contributed by atoms with Crippen LogP contribution in [0.4, 0.5) is 0 Å². The van der Waals surface area contributed by atoms with Gasteiger partial charge in [-0.15, -0.1) is 0 Å². The number of carbonyl (C=O) groups is 1. The van der Waals surface area contributed by atoms with Crippen molar-refractivity contribution in [2.75, 3.05) is 7.11 Å². The molecule has 0 aliphatic carbocycles. The Hall–Kier alpha value is -1.28. The van der Waals surface area contributed by atoms with Crippen LogP contribution in [0.3, 0.4) is 0 Å². The van der Waals surface area contributed by atoms with E-state index in [1.807, 2.05) is 12.1 Å². The topological polar surface area (TPSA) is 26.3 Å². The first-order valence-corrected chi connectivity index (χ1v) is 4.11. The smallest absolute Gasteiger partial charge is 0.144 e. The van der Waals surface area contributed by atoms with Crippen molar-refractivity contribution in [3.63, 3.8) is 0 Å². The number of hydrogen-bond donors (Lipinski definition) is 0. The summed E-state index contributed by atoms with van der Waals surface area (Å²) < 4.78 is 5.07. The molecule has 0 heterocycles. The summed E-state index contributed by atoms with van der Waals surface area (Å²) in [5.74, 6) is 0.658. The van der Waals surface area contributed by atoms with E-state index >= 15 is 0 Å². The second-order valence-corrected chi connectivity index (χ2v) is 2.76. The molecule has 0 aromatic heterocycles. The van der Waals surface area contributed by atoms with Crippen LogP contribution < -0.4 is 4.74 Å². The second kappa shape index (κ2) is 4.67. The van der Waals surface area contributed by atoms with Crippen LogP contribution in [0, 0.1) is 0 Å². The normalized spacial score (nSPS) is 11.1. The Kier molecular flexibility index (Phi) is 3.53. The zero-order valence-corrected chi connectivity index (χ0v) is 7.91. The fourth-order valence-electron chi connectivity index (χ4n) is 0.991. The maximum Gasteiger partial charge on any atom is 0.144 e. The van der Waals surface area contributed by atoms with Crippen LogP contribution in [-0.4, -0.2) is 13.4 Å². The van der Waals surface area contributed by atoms with Gasteiger partial charge in [0.05, 0.1) is 12.1 Å². The zero-order chi connectivity index (χ0) is 9.68. The molecular weight excluding hydrogens is 188 g/mol. The first kappa shape index (κ1) is 9.81. The number of aldehydes is 1. The van der Waals surface area contributed by atoms with Gasteiger partial charge in [0.15, 0.2) is 0 Å². The molecule has 0 radical (unpaired) electrons. The minimum Gasteiger partial charge on any atom is -0.496 e. The lowest BCUT2D eigenvalue weighted by Crippen LogP contribution is -1.87. The number of allylic oxidation sites excluding steroid dienone is 1. The molecule has 0 amide bonds. The third-order valence-corrected chi connectivity index (χ3v) is 1.91. The summed E-state index contributed by atoms with van der Waals surface area (Å²) in [5, 5.41) is 0.382. The average molecular weight is 197 g/mol. The molecule has 1 aromatic carbocycles. The van der Waals surface area contributed by atoms with Crippen molar-refractivity contribution in [1.82, 2.24) is 0 Å². The van der Waals surface area contributed by atoms with E-state index in [4.69, 9.17) is 16.3 Å². The molecule has 0 aliphatic heterocycles. The first-order valence-electron chi connectivity index (χ1n) is 3.74. The number of benzene rings is 1. The Bertz CT molecular complexity index is 331. The highest BCUT2D eigenvalue weighted by atomic mass is 35.5. The molecular formula is C10H9ClO2. The van der Waals surface area contributed by atoms with Crippen LogP contribution in [-0.2, 0) is 4.79 Å². The summed E-state index contributed by atoms with van der Waals surface area (Å²) in [6.45, 7) is 0. The van der Waals surface area contributed by atoms with Gasteiger partial charge >= 0.3 is 0 Å². The molecule has 0 N–H and O–H groups in total. The number of hydrogen-bond acceptors (Lipinski definition) is 2. The van der Waals surface area contributed by atoms with Crippen LogP contribution in [0.2, 0.25) is 0 Å². The quantitative estimate of drug-likeness (QED) is 0.549. The summed E-state index contributed by atoms with van der Waals surface area (Å²) in [6, 6.07) is 7.25. The summed E-state index contributed by atoms with van der Waals surface area (Å²) >= 11 is 5.84. The van der Waals surface area contributed by atoms with Crippen LogP contribution in [0.1, 0.15) is 5.56 Å². The lowest BCUT2D eigenvalue weighted by Gasteiger charge is -2.05. The van der Waals surface area contributed by atoms with Gasteiger partial charge in [0.1, 0.15) is 12.0 Å². The minimum absolute atomic E-state index is 0.382. The maximum absolute atomic E-state index is 10.2. The highest BCUT2D eigenvalue weighted by Crippen LogP contribution is 2.27. The number of halogens is 1. The Morgan fingerprint density at radius 3 is 2.77 bits per heavy atom. The van der Waals surface area contributed by atoms with E-state index in [0.29, 0.717) is 17.1 Å². The summed E-state index contributed by atoms with van der Waals surface area (Å²) in [4.78, 5) is 10.2. The van der Waals surface area contributed by atoms with E-state index in [9.17, 15) is 4.79 Å². The predicted molar refractivity (Wildman–Crippen MR) is 52.9 cm³/mol. The van der Waals surface area contributed by atoms with Crippen molar-refractivity contribution >= 4 is 22.9 Å². The van der Waals surface area contributed by atoms with Crippen molar-refractivity contribution in [1.29, 1.82) is 0 Å². The van der Waals surface area contributed by atoms with Crippen molar-refractivity contribution in [3.8, 4) is 5.75 Å². The van der Waals surface area contributed by atoms with Crippen LogP contribution in [0.15, 0.2) is 30.3 Å². The predicted octanol–water partition coefficient (Wildman–Crippen LogP) is 2.47. The van der Waals surface area contributed by atoms with Gasteiger partial charge in [-0.05, 0) is 18.2 Å². The molecule has 0 aliphatic rings. The van der Waals surface area contributed by atoms with Crippen molar-refractivity contribution in [2.45, 2.75) is 0 Å². The van der Waals surface area contributed by atoms with Gasteiger partial charge in [-0.1, -0.05) is 23.7 Å². The molecule has 1 rings (SSSR count). The molecule has 0 spiro atoms. The summed E-state index contributed by atoms with van der Waals surface area (Å²) in [6.07, 6.45) is 1.94. The summed E-state index contributed by atoms with van der Waals surface area (Å²) in [7, 11) is 1.56. The van der Waals surface area contributed by atoms with Gasteiger partial charge in [-0.25, -0.2) is 0 Å². The van der Waals surface area contributed by atoms with Crippen LogP contribution in [0.25, 0.3) is 5.03 Å². The molecule has 0 fully saturated rings. The number of para-hydroxylation sites is 1. The van der Waals surface area contributed by atoms with Crippen molar-refractivity contribution in [2.24, 2.45) is 0 Å². The van der Waals surface area contributed by atoms with E-state index in [2.05, 4.69) is 0 Å². The monoisotopic (exact) mass is 196 g/mol. The average Bonchev–Trinajstić information content (AvgIpc) is 2.18. The fraction of sp³-hybridized carbons (Fsp3) is 0.100. The van der Waals surface area contributed by atoms with Crippen LogP contribution in [0.5, 0.6) is 5.75 Å². The molecule has 3 heteroatoms. The Balaban J connectivity index is 3.12. The van der Waals surface area contributed by atoms with E-state index in [-0.39, 0.29) is 0 Å². The molecule has 13 heavy (non-hydrogen) atoms. The maximum atomic E-state index is 10.2. The highest BCUT2D eigenvalue weighted by Gasteiger charge is 2.03. The van der Waals surface area contributed by atoms with Crippen molar-refractivity contribution in [3.05, 3.63) is 35.9 Å². The molecule has 0 saturated carbocycles. The number of carbonyl (C=O) groups excluding carboxylic acids is 1. The van der Waals surface area contributed by atoms with E-state index in [1.54, 1.807) is 19.2 Å². The van der Waals surface area contributed by atoms with Gasteiger partial charge in [-0.2, -0.15) is 0 Å². The standard InChI is InChI=1S/C10H9ClO2/c1-13-10-5-3-2-4-8(10)9(11)6-7-12/h2-7H,1H3. The lowest BCUT2D eigenvalue weighted by atomic mass is 10.2. The van der Waals surface area contributed by atoms with Gasteiger partial charge in [0.2, 0.25) is 0 Å². The van der Waals surface area contributed by atoms with E-state index < -0.39 is 0 Å². The van der Waals surface area contributed by atoms with Gasteiger partial charge in [-0.3, -0.25) is 4.79 Å². The Morgan fingerprint density at radius 1 is 1.46 bits per heavy atom. The van der Waals surface area contributed by atoms with Crippen molar-refractivity contribution < 1.29 is 9.53 Å². The number of methoxy groups -OCH3 is 1. The largest absolute Gasteiger partial charge is 0.496 e. The Labute approximate surface area is 81.8 Å². The second-order valence-electron chi connectivity index (χ2n) is 2.35.